The Bertz CT molecular complexity index is 557. The van der Waals surface area contributed by atoms with Gasteiger partial charge < -0.3 is 0 Å². The van der Waals surface area contributed by atoms with Crippen LogP contribution < -0.4 is 0 Å². The molecule has 1 aliphatic rings. The van der Waals surface area contributed by atoms with Gasteiger partial charge in [0.05, 0.1) is 0 Å². The quantitative estimate of drug-likeness (QED) is 0.309. The van der Waals surface area contributed by atoms with Crippen molar-refractivity contribution in [1.29, 1.82) is 0 Å². The molecule has 2 atom stereocenters. The van der Waals surface area contributed by atoms with Crippen LogP contribution in [0.15, 0.2) is 70.9 Å². The summed E-state index contributed by atoms with van der Waals surface area (Å²) in [5.74, 6) is 1.20. The first kappa shape index (κ1) is 27.7. The first-order valence-corrected chi connectivity index (χ1v) is 10.9. The maximum absolute atomic E-state index is 4.02. The number of hydrogen-bond donors (Lipinski definition) is 0. The molecule has 0 amide bonds. The first-order valence-electron chi connectivity index (χ1n) is 10.9. The van der Waals surface area contributed by atoms with Crippen LogP contribution in [-0.2, 0) is 0 Å². The van der Waals surface area contributed by atoms with Gasteiger partial charge in [-0.1, -0.05) is 95.7 Å². The van der Waals surface area contributed by atoms with E-state index < -0.39 is 0 Å². The van der Waals surface area contributed by atoms with Crippen molar-refractivity contribution in [3.05, 3.63) is 70.9 Å². The predicted octanol–water partition coefficient (Wildman–Crippen LogP) is 9.39. The Hall–Kier alpha value is -1.56. The summed E-state index contributed by atoms with van der Waals surface area (Å²) in [7, 11) is 0. The van der Waals surface area contributed by atoms with Crippen molar-refractivity contribution in [3.63, 3.8) is 0 Å². The number of rotatable bonds is 7. The molecule has 0 N–H and O–H groups in total. The van der Waals surface area contributed by atoms with Crippen LogP contribution in [0.5, 0.6) is 0 Å². The van der Waals surface area contributed by atoms with Crippen molar-refractivity contribution in [2.24, 2.45) is 11.8 Å². The monoisotopic (exact) mass is 370 g/mol. The molecular formula is C27H46. The number of allylic oxidation sites excluding steroid dienone is 11. The van der Waals surface area contributed by atoms with Gasteiger partial charge in [0.2, 0.25) is 0 Å². The minimum absolute atomic E-state index is 0.484. The zero-order chi connectivity index (χ0) is 21.4. The zero-order valence-corrected chi connectivity index (χ0v) is 19.9. The molecule has 27 heavy (non-hydrogen) atoms. The Kier molecular flexibility index (Phi) is 17.0. The highest BCUT2D eigenvalue weighted by atomic mass is 14.1. The third-order valence-corrected chi connectivity index (χ3v) is 4.33. The molecule has 0 aliphatic heterocycles. The Morgan fingerprint density at radius 3 is 2.22 bits per heavy atom. The van der Waals surface area contributed by atoms with Crippen molar-refractivity contribution < 1.29 is 0 Å². The molecule has 0 heterocycles. The molecule has 0 spiro atoms. The lowest BCUT2D eigenvalue weighted by Crippen LogP contribution is -1.95. The van der Waals surface area contributed by atoms with Gasteiger partial charge in [-0.05, 0) is 75.5 Å². The summed E-state index contributed by atoms with van der Waals surface area (Å²) in [5.41, 5.74) is 6.81. The van der Waals surface area contributed by atoms with E-state index in [0.29, 0.717) is 5.92 Å². The third kappa shape index (κ3) is 13.3. The van der Waals surface area contributed by atoms with Crippen LogP contribution in [-0.4, -0.2) is 0 Å². The van der Waals surface area contributed by atoms with Gasteiger partial charge in [0.25, 0.3) is 0 Å². The predicted molar refractivity (Wildman–Crippen MR) is 128 cm³/mol. The lowest BCUT2D eigenvalue weighted by Gasteiger charge is -2.11. The third-order valence-electron chi connectivity index (χ3n) is 4.33. The summed E-state index contributed by atoms with van der Waals surface area (Å²) >= 11 is 0. The summed E-state index contributed by atoms with van der Waals surface area (Å²) in [6.07, 6.45) is 17.2. The van der Waals surface area contributed by atoms with Gasteiger partial charge >= 0.3 is 0 Å². The van der Waals surface area contributed by atoms with Crippen molar-refractivity contribution >= 4 is 0 Å². The molecule has 0 aromatic carbocycles. The van der Waals surface area contributed by atoms with Crippen molar-refractivity contribution in [2.45, 2.75) is 88.5 Å². The molecular weight excluding hydrogens is 324 g/mol. The Labute approximate surface area is 171 Å². The largest absolute Gasteiger partial charge is 0.0988 e. The number of hydrogen-bond acceptors (Lipinski definition) is 0. The van der Waals surface area contributed by atoms with Crippen molar-refractivity contribution in [1.82, 2.24) is 0 Å². The summed E-state index contributed by atoms with van der Waals surface area (Å²) in [6, 6.07) is 0. The zero-order valence-electron chi connectivity index (χ0n) is 19.9. The normalized spacial score (nSPS) is 17.5. The average molecular weight is 371 g/mol. The smallest absolute Gasteiger partial charge is 0.00671 e. The molecule has 0 fully saturated rings. The van der Waals surface area contributed by atoms with Gasteiger partial charge in [0, 0.05) is 0 Å². The van der Waals surface area contributed by atoms with Crippen LogP contribution in [0.1, 0.15) is 88.5 Å². The average Bonchev–Trinajstić information content (AvgIpc) is 2.76. The van der Waals surface area contributed by atoms with Crippen LogP contribution in [0.4, 0.5) is 0 Å². The van der Waals surface area contributed by atoms with Gasteiger partial charge in [-0.25, -0.2) is 0 Å². The minimum Gasteiger partial charge on any atom is -0.0988 e. The molecule has 1 rings (SSSR count). The van der Waals surface area contributed by atoms with Crippen LogP contribution in [0.25, 0.3) is 0 Å². The second kappa shape index (κ2) is 16.6. The molecule has 1 aliphatic carbocycles. The second-order valence-corrected chi connectivity index (χ2v) is 7.30. The fourth-order valence-electron chi connectivity index (χ4n) is 2.91. The summed E-state index contributed by atoms with van der Waals surface area (Å²) in [6.45, 7) is 25.3. The lowest BCUT2D eigenvalue weighted by atomic mass is 9.94. The maximum Gasteiger partial charge on any atom is -0.00671 e. The molecule has 0 nitrogen and oxygen atoms in total. The van der Waals surface area contributed by atoms with Gasteiger partial charge in [-0.15, -0.1) is 0 Å². The summed E-state index contributed by atoms with van der Waals surface area (Å²) < 4.78 is 0. The highest BCUT2D eigenvalue weighted by Gasteiger charge is 2.07. The highest BCUT2D eigenvalue weighted by molar-refractivity contribution is 5.47. The van der Waals surface area contributed by atoms with E-state index in [2.05, 4.69) is 78.5 Å². The lowest BCUT2D eigenvalue weighted by molar-refractivity contribution is 0.540. The molecule has 0 radical (unpaired) electrons. The van der Waals surface area contributed by atoms with Crippen molar-refractivity contribution in [2.75, 3.05) is 0 Å². The van der Waals surface area contributed by atoms with E-state index in [0.717, 1.165) is 12.3 Å². The topological polar surface area (TPSA) is 0 Å². The Balaban J connectivity index is 0. The minimum atomic E-state index is 0.484. The Morgan fingerprint density at radius 1 is 1.11 bits per heavy atom. The van der Waals surface area contributed by atoms with E-state index in [9.17, 15) is 0 Å². The molecule has 0 bridgehead atoms. The Morgan fingerprint density at radius 2 is 1.70 bits per heavy atom. The second-order valence-electron chi connectivity index (χ2n) is 7.30. The molecule has 2 unspecified atom stereocenters. The molecule has 0 saturated carbocycles. The van der Waals surface area contributed by atoms with Gasteiger partial charge in [-0.2, -0.15) is 0 Å². The fourth-order valence-corrected chi connectivity index (χ4v) is 2.91. The molecule has 0 saturated heterocycles. The van der Waals surface area contributed by atoms with Crippen LogP contribution in [0.3, 0.4) is 0 Å². The summed E-state index contributed by atoms with van der Waals surface area (Å²) in [4.78, 5) is 0. The molecule has 154 valence electrons. The van der Waals surface area contributed by atoms with Crippen LogP contribution >= 0.6 is 0 Å². The first-order chi connectivity index (χ1) is 12.8. The van der Waals surface area contributed by atoms with E-state index in [4.69, 9.17) is 0 Å². The van der Waals surface area contributed by atoms with Gasteiger partial charge in [0.1, 0.15) is 0 Å². The van der Waals surface area contributed by atoms with Gasteiger partial charge in [-0.3, -0.25) is 0 Å². The molecule has 0 aromatic heterocycles. The fraction of sp³-hybridized carbons (Fsp3) is 0.556. The standard InChI is InChI=1S/C23H34.2C2H6/c1-8-22(12-11-18(4)10-9-17(2)3)16-23-15-20(6)13-19(5)14-21(23)7;2*1-2/h8-9,13-16,18,20H,1,10-12H2,2-7H3;2*1-2H3/b22-16+;;. The van der Waals surface area contributed by atoms with E-state index in [1.54, 1.807) is 0 Å². The van der Waals surface area contributed by atoms with E-state index in [1.807, 2.05) is 33.8 Å². The van der Waals surface area contributed by atoms with E-state index in [1.165, 1.54) is 40.7 Å². The molecule has 0 aromatic rings. The highest BCUT2D eigenvalue weighted by Crippen LogP contribution is 2.25. The van der Waals surface area contributed by atoms with Gasteiger partial charge in [0.15, 0.2) is 0 Å². The van der Waals surface area contributed by atoms with Crippen LogP contribution in [0.2, 0.25) is 0 Å². The SMILES string of the molecule is C=C/C(=C\C1=CC(C)C=C(C)C=C1C)CCC(C)CC=C(C)C.CC.CC. The van der Waals surface area contributed by atoms with E-state index >= 15 is 0 Å². The van der Waals surface area contributed by atoms with E-state index in [-0.39, 0.29) is 0 Å². The maximum atomic E-state index is 4.02. The summed E-state index contributed by atoms with van der Waals surface area (Å²) in [5, 5.41) is 0. The van der Waals surface area contributed by atoms with Crippen molar-refractivity contribution in [3.8, 4) is 0 Å². The van der Waals surface area contributed by atoms with Crippen LogP contribution in [0, 0.1) is 11.8 Å². The molecule has 0 heteroatoms.